The molecule has 1 fully saturated rings. The second kappa shape index (κ2) is 15.9. The van der Waals surface area contributed by atoms with Crippen LogP contribution >= 0.6 is 0 Å². The number of ether oxygens (including phenoxy) is 4. The van der Waals surface area contributed by atoms with Gasteiger partial charge in [0.15, 0.2) is 0 Å². The molecule has 1 aliphatic carbocycles. The molecule has 0 amide bonds. The zero-order chi connectivity index (χ0) is 26.3. The molecule has 0 atom stereocenters. The highest BCUT2D eigenvalue weighted by Crippen LogP contribution is 2.23. The third kappa shape index (κ3) is 10.4. The lowest BCUT2D eigenvalue weighted by Crippen LogP contribution is -2.17. The number of carboxylic acid groups (broad SMARTS) is 1. The number of aryl methyl sites for hydroxylation is 1. The monoisotopic (exact) mass is 512 g/mol. The van der Waals surface area contributed by atoms with Crippen molar-refractivity contribution >= 4 is 11.9 Å². The Balaban J connectivity index is 1.34. The third-order valence-electron chi connectivity index (χ3n) is 6.42. The van der Waals surface area contributed by atoms with E-state index < -0.39 is 11.9 Å². The average molecular weight is 513 g/mol. The number of hydrogen-bond acceptors (Lipinski definition) is 6. The summed E-state index contributed by atoms with van der Waals surface area (Å²) < 4.78 is 22.7. The number of esters is 1. The van der Waals surface area contributed by atoms with E-state index in [1.165, 1.54) is 43.7 Å². The summed E-state index contributed by atoms with van der Waals surface area (Å²) in [5.74, 6) is -0.116. The van der Waals surface area contributed by atoms with Crippen molar-refractivity contribution in [3.8, 4) is 11.5 Å². The van der Waals surface area contributed by atoms with Crippen LogP contribution in [0.15, 0.2) is 42.5 Å². The van der Waals surface area contributed by atoms with Gasteiger partial charge in [-0.3, -0.25) is 4.79 Å². The lowest BCUT2D eigenvalue weighted by Gasteiger charge is -2.21. The Labute approximate surface area is 220 Å². The summed E-state index contributed by atoms with van der Waals surface area (Å²) in [6.07, 6.45) is 10.2. The summed E-state index contributed by atoms with van der Waals surface area (Å²) in [6.45, 7) is 3.93. The van der Waals surface area contributed by atoms with E-state index in [0.717, 1.165) is 38.0 Å². The van der Waals surface area contributed by atoms with E-state index in [9.17, 15) is 14.7 Å². The van der Waals surface area contributed by atoms with Gasteiger partial charge >= 0.3 is 11.9 Å². The number of aliphatic carboxylic acids is 1. The molecule has 1 aliphatic rings. The SMILES string of the molecule is CCOC(=O)c1ccc(OCCCc2ccc(OCCCCOC3CCCCC3)cc2)c(CC(=O)O)c1. The van der Waals surface area contributed by atoms with Crippen LogP contribution in [-0.4, -0.2) is 49.6 Å². The average Bonchev–Trinajstić information content (AvgIpc) is 2.90. The predicted molar refractivity (Wildman–Crippen MR) is 142 cm³/mol. The van der Waals surface area contributed by atoms with Crippen molar-refractivity contribution in [1.82, 2.24) is 0 Å². The first-order valence-electron chi connectivity index (χ1n) is 13.5. The van der Waals surface area contributed by atoms with Gasteiger partial charge in [-0.1, -0.05) is 31.4 Å². The molecule has 2 aromatic carbocycles. The van der Waals surface area contributed by atoms with Crippen LogP contribution in [0.1, 0.15) is 79.8 Å². The first-order valence-corrected chi connectivity index (χ1v) is 13.5. The summed E-state index contributed by atoms with van der Waals surface area (Å²) in [5, 5.41) is 9.22. The van der Waals surface area contributed by atoms with Crippen molar-refractivity contribution in [3.05, 3.63) is 59.2 Å². The minimum Gasteiger partial charge on any atom is -0.494 e. The Morgan fingerprint density at radius 3 is 2.35 bits per heavy atom. The van der Waals surface area contributed by atoms with Crippen molar-refractivity contribution < 1.29 is 33.6 Å². The number of hydrogen-bond donors (Lipinski definition) is 1. The fraction of sp³-hybridized carbons (Fsp3) is 0.533. The highest BCUT2D eigenvalue weighted by Gasteiger charge is 2.14. The smallest absolute Gasteiger partial charge is 0.338 e. The molecule has 1 saturated carbocycles. The number of benzene rings is 2. The molecule has 0 unspecified atom stereocenters. The molecule has 0 saturated heterocycles. The van der Waals surface area contributed by atoms with Crippen molar-refractivity contribution in [2.45, 2.75) is 77.2 Å². The third-order valence-corrected chi connectivity index (χ3v) is 6.42. The fourth-order valence-electron chi connectivity index (χ4n) is 4.45. The van der Waals surface area contributed by atoms with E-state index >= 15 is 0 Å². The molecule has 37 heavy (non-hydrogen) atoms. The number of carbonyl (C=O) groups excluding carboxylic acids is 1. The largest absolute Gasteiger partial charge is 0.494 e. The first kappa shape index (κ1) is 28.5. The van der Waals surface area contributed by atoms with Gasteiger partial charge in [0.25, 0.3) is 0 Å². The lowest BCUT2D eigenvalue weighted by molar-refractivity contribution is -0.136. The Kier molecular flexibility index (Phi) is 12.3. The maximum atomic E-state index is 12.0. The number of carbonyl (C=O) groups is 2. The molecule has 0 heterocycles. The Bertz CT molecular complexity index is 964. The molecule has 202 valence electrons. The molecule has 7 heteroatoms. The van der Waals surface area contributed by atoms with Crippen LogP contribution in [0.2, 0.25) is 0 Å². The number of unbranched alkanes of at least 4 members (excludes halogenated alkanes) is 1. The van der Waals surface area contributed by atoms with Crippen molar-refractivity contribution in [2.75, 3.05) is 26.4 Å². The molecule has 3 rings (SSSR count). The zero-order valence-electron chi connectivity index (χ0n) is 21.9. The van der Waals surface area contributed by atoms with Gasteiger partial charge in [-0.15, -0.1) is 0 Å². The van der Waals surface area contributed by atoms with Crippen LogP contribution in [0.25, 0.3) is 0 Å². The van der Waals surface area contributed by atoms with Crippen LogP contribution in [0.3, 0.4) is 0 Å². The van der Waals surface area contributed by atoms with Gasteiger partial charge in [-0.25, -0.2) is 4.79 Å². The Morgan fingerprint density at radius 2 is 1.62 bits per heavy atom. The van der Waals surface area contributed by atoms with E-state index in [-0.39, 0.29) is 13.0 Å². The van der Waals surface area contributed by atoms with Crippen LogP contribution in [0, 0.1) is 0 Å². The van der Waals surface area contributed by atoms with Gasteiger partial charge in [0, 0.05) is 12.2 Å². The minimum atomic E-state index is -0.985. The molecule has 0 bridgehead atoms. The second-order valence-electron chi connectivity index (χ2n) is 9.40. The number of rotatable bonds is 16. The van der Waals surface area contributed by atoms with Crippen LogP contribution in [0.5, 0.6) is 11.5 Å². The molecule has 7 nitrogen and oxygen atoms in total. The zero-order valence-corrected chi connectivity index (χ0v) is 21.9. The van der Waals surface area contributed by atoms with E-state index in [4.69, 9.17) is 18.9 Å². The van der Waals surface area contributed by atoms with Gasteiger partial charge < -0.3 is 24.1 Å². The Morgan fingerprint density at radius 1 is 0.892 bits per heavy atom. The topological polar surface area (TPSA) is 91.3 Å². The maximum Gasteiger partial charge on any atom is 0.338 e. The van der Waals surface area contributed by atoms with E-state index in [2.05, 4.69) is 12.1 Å². The normalized spacial score (nSPS) is 13.8. The molecule has 0 aliphatic heterocycles. The van der Waals surface area contributed by atoms with E-state index in [1.54, 1.807) is 19.1 Å². The van der Waals surface area contributed by atoms with Crippen LogP contribution in [0.4, 0.5) is 0 Å². The number of carboxylic acids is 1. The molecular weight excluding hydrogens is 472 g/mol. The van der Waals surface area contributed by atoms with E-state index in [1.807, 2.05) is 12.1 Å². The summed E-state index contributed by atoms with van der Waals surface area (Å²) in [4.78, 5) is 23.2. The van der Waals surface area contributed by atoms with Crippen molar-refractivity contribution in [2.24, 2.45) is 0 Å². The van der Waals surface area contributed by atoms with Crippen LogP contribution in [-0.2, 0) is 27.1 Å². The molecule has 2 aromatic rings. The quantitative estimate of drug-likeness (QED) is 0.217. The van der Waals surface area contributed by atoms with Crippen LogP contribution < -0.4 is 9.47 Å². The highest BCUT2D eigenvalue weighted by atomic mass is 16.5. The van der Waals surface area contributed by atoms with Gasteiger partial charge in [-0.05, 0) is 81.3 Å². The summed E-state index contributed by atoms with van der Waals surface area (Å²) in [5.41, 5.74) is 1.96. The molecule has 0 radical (unpaired) electrons. The van der Waals surface area contributed by atoms with Gasteiger partial charge in [0.1, 0.15) is 11.5 Å². The second-order valence-corrected chi connectivity index (χ2v) is 9.40. The van der Waals surface area contributed by atoms with Crippen molar-refractivity contribution in [1.29, 1.82) is 0 Å². The summed E-state index contributed by atoms with van der Waals surface area (Å²) >= 11 is 0. The highest BCUT2D eigenvalue weighted by molar-refractivity contribution is 5.90. The molecule has 0 spiro atoms. The van der Waals surface area contributed by atoms with Gasteiger partial charge in [0.05, 0.1) is 37.9 Å². The van der Waals surface area contributed by atoms with Gasteiger partial charge in [-0.2, -0.15) is 0 Å². The minimum absolute atomic E-state index is 0.225. The Hall–Kier alpha value is -3.06. The van der Waals surface area contributed by atoms with Gasteiger partial charge in [0.2, 0.25) is 0 Å². The molecule has 1 N–H and O–H groups in total. The maximum absolute atomic E-state index is 12.0. The molecule has 0 aromatic heterocycles. The predicted octanol–water partition coefficient (Wildman–Crippen LogP) is 6.01. The summed E-state index contributed by atoms with van der Waals surface area (Å²) in [7, 11) is 0. The first-order chi connectivity index (χ1) is 18.0. The lowest BCUT2D eigenvalue weighted by atomic mass is 9.98. The molecular formula is C30H40O7. The summed E-state index contributed by atoms with van der Waals surface area (Å²) in [6, 6.07) is 12.9. The van der Waals surface area contributed by atoms with Crippen molar-refractivity contribution in [3.63, 3.8) is 0 Å². The fourth-order valence-corrected chi connectivity index (χ4v) is 4.45. The standard InChI is InChI=1S/C30H40O7/c1-2-34-30(33)24-14-17-28(25(21-24)22-29(31)32)37-20-8-9-23-12-15-27(16-13-23)36-19-7-6-18-35-26-10-4-3-5-11-26/h12-17,21,26H,2-11,18-20,22H2,1H3,(H,31,32). The van der Waals surface area contributed by atoms with E-state index in [0.29, 0.717) is 36.2 Å².